The Morgan fingerprint density at radius 2 is 1.27 bits per heavy atom. The maximum absolute atomic E-state index is 12.1. The van der Waals surface area contributed by atoms with Crippen LogP contribution in [-0.2, 0) is 6.18 Å². The van der Waals surface area contributed by atoms with Crippen LogP contribution in [0.5, 0.6) is 0 Å². The molecule has 8 N–H and O–H groups in total. The lowest BCUT2D eigenvalue weighted by molar-refractivity contribution is -0.137. The third-order valence-corrected chi connectivity index (χ3v) is 6.66. The van der Waals surface area contributed by atoms with Gasteiger partial charge in [0.05, 0.1) is 21.3 Å². The number of benzene rings is 3. The van der Waals surface area contributed by atoms with Gasteiger partial charge in [0.1, 0.15) is 0 Å². The van der Waals surface area contributed by atoms with E-state index in [-0.39, 0.29) is 10.7 Å². The van der Waals surface area contributed by atoms with Crippen molar-refractivity contribution in [1.82, 2.24) is 0 Å². The predicted molar refractivity (Wildman–Crippen MR) is 144 cm³/mol. The second-order valence-electron chi connectivity index (χ2n) is 6.26. The van der Waals surface area contributed by atoms with E-state index in [4.69, 9.17) is 46.1 Å². The molecule has 0 bridgehead atoms. The van der Waals surface area contributed by atoms with Crippen LogP contribution in [-0.4, -0.2) is 5.75 Å². The van der Waals surface area contributed by atoms with Crippen LogP contribution in [0.15, 0.2) is 62.4 Å². The summed E-state index contributed by atoms with van der Waals surface area (Å²) < 4.78 is 37.8. The summed E-state index contributed by atoms with van der Waals surface area (Å²) in [5, 5.41) is 0.374. The summed E-state index contributed by atoms with van der Waals surface area (Å²) in [6, 6.07) is 12.2. The highest BCUT2D eigenvalue weighted by Gasteiger charge is 2.32. The minimum atomic E-state index is -4.41. The number of anilines is 4. The van der Waals surface area contributed by atoms with Crippen molar-refractivity contribution in [2.45, 2.75) is 18.0 Å². The first-order chi connectivity index (χ1) is 15.3. The monoisotopic (exact) mass is 646 g/mol. The molecule has 0 aliphatic heterocycles. The number of thioether (sulfide) groups is 1. The fraction of sp³-hybridized carbons (Fsp3) is 0.143. The molecular weight excluding hydrogens is 628 g/mol. The zero-order valence-electron chi connectivity index (χ0n) is 17.2. The summed E-state index contributed by atoms with van der Waals surface area (Å²) >= 11 is 19.5. The van der Waals surface area contributed by atoms with Gasteiger partial charge in [-0.25, -0.2) is 0 Å². The van der Waals surface area contributed by atoms with Gasteiger partial charge >= 0.3 is 6.18 Å². The quantitative estimate of drug-likeness (QED) is 0.165. The number of nitrogen functional groups attached to an aromatic ring is 4. The molecule has 0 heterocycles. The maximum atomic E-state index is 12.1. The van der Waals surface area contributed by atoms with E-state index in [2.05, 4.69) is 38.8 Å². The molecule has 3 rings (SSSR count). The number of hydrogen-bond donors (Lipinski definition) is 4. The summed E-state index contributed by atoms with van der Waals surface area (Å²) in [5.41, 5.74) is 23.3. The lowest BCUT2D eigenvalue weighted by atomic mass is 10.2. The van der Waals surface area contributed by atoms with Gasteiger partial charge < -0.3 is 22.9 Å². The second kappa shape index (κ2) is 13.4. The molecule has 12 heteroatoms. The molecule has 3 aromatic carbocycles. The Morgan fingerprint density at radius 3 is 1.70 bits per heavy atom. The Labute approximate surface area is 221 Å². The van der Waals surface area contributed by atoms with Gasteiger partial charge in [0, 0.05) is 30.9 Å². The number of halogens is 7. The summed E-state index contributed by atoms with van der Waals surface area (Å²) in [5.74, 6) is 1.03. The van der Waals surface area contributed by atoms with Crippen molar-refractivity contribution >= 4 is 89.6 Å². The van der Waals surface area contributed by atoms with Crippen molar-refractivity contribution in [2.24, 2.45) is 0 Å². The molecule has 0 aromatic heterocycles. The third-order valence-electron chi connectivity index (χ3n) is 3.66. The average Bonchev–Trinajstić information content (AvgIpc) is 2.68. The van der Waals surface area contributed by atoms with Gasteiger partial charge in [0.25, 0.3) is 0 Å². The highest BCUT2D eigenvalue weighted by Crippen LogP contribution is 2.35. The predicted octanol–water partition coefficient (Wildman–Crippen LogP) is 8.35. The van der Waals surface area contributed by atoms with E-state index in [0.29, 0.717) is 11.4 Å². The fourth-order valence-electron chi connectivity index (χ4n) is 2.15. The molecule has 0 spiro atoms. The van der Waals surface area contributed by atoms with E-state index in [9.17, 15) is 13.2 Å². The van der Waals surface area contributed by atoms with Crippen LogP contribution in [0.4, 0.5) is 35.9 Å². The van der Waals surface area contributed by atoms with E-state index >= 15 is 0 Å². The molecular formula is C21H21Br2Cl2F3N4S. The molecule has 180 valence electrons. The maximum Gasteiger partial charge on any atom is 0.417 e. The van der Waals surface area contributed by atoms with E-state index in [1.807, 2.05) is 12.1 Å². The van der Waals surface area contributed by atoms with Crippen molar-refractivity contribution in [3.8, 4) is 0 Å². The van der Waals surface area contributed by atoms with Crippen LogP contribution in [0.25, 0.3) is 0 Å². The van der Waals surface area contributed by atoms with E-state index in [1.54, 1.807) is 30.0 Å². The van der Waals surface area contributed by atoms with Crippen LogP contribution in [0.1, 0.15) is 12.5 Å². The summed E-state index contributed by atoms with van der Waals surface area (Å²) in [7, 11) is 0. The van der Waals surface area contributed by atoms with E-state index < -0.39 is 11.7 Å². The van der Waals surface area contributed by atoms with Crippen LogP contribution >= 0.6 is 66.8 Å². The highest BCUT2D eigenvalue weighted by atomic mass is 79.9. The minimum Gasteiger partial charge on any atom is -0.399 e. The molecule has 0 aliphatic carbocycles. The molecule has 0 unspecified atom stereocenters. The standard InChI is InChI=1S/C8H10ClNS.C7H5ClF3N.C6H6Br2N2/c1-2-11-8-4-3-6(10)5-7(8)9;8-6-3-4(12)1-2-5(6)7(9,10)11;7-4-1-3(9)2-5(8)6(4)10/h3-5H,2,10H2,1H3;1-3H,12H2;1-2H,9-10H2. The topological polar surface area (TPSA) is 104 Å². The number of nitrogens with two attached hydrogens (primary N) is 4. The first-order valence-electron chi connectivity index (χ1n) is 9.06. The SMILES string of the molecule is CCSc1ccc(N)cc1Cl.Nc1cc(Br)c(N)c(Br)c1.Nc1ccc(C(F)(F)F)c(Cl)c1. The lowest BCUT2D eigenvalue weighted by Crippen LogP contribution is -2.05. The Kier molecular flexibility index (Phi) is 12.0. The van der Waals surface area contributed by atoms with Crippen LogP contribution in [0.3, 0.4) is 0 Å². The van der Waals surface area contributed by atoms with Crippen molar-refractivity contribution in [3.05, 3.63) is 73.1 Å². The van der Waals surface area contributed by atoms with Gasteiger partial charge in [-0.3, -0.25) is 0 Å². The molecule has 33 heavy (non-hydrogen) atoms. The first kappa shape index (κ1) is 29.6. The summed E-state index contributed by atoms with van der Waals surface area (Å²) in [4.78, 5) is 1.10. The molecule has 4 nitrogen and oxygen atoms in total. The van der Waals surface area contributed by atoms with Crippen LogP contribution in [0.2, 0.25) is 10.0 Å². The van der Waals surface area contributed by atoms with Crippen molar-refractivity contribution < 1.29 is 13.2 Å². The van der Waals surface area contributed by atoms with Gasteiger partial charge in [-0.1, -0.05) is 30.1 Å². The smallest absolute Gasteiger partial charge is 0.399 e. The lowest BCUT2D eigenvalue weighted by Gasteiger charge is -2.08. The minimum absolute atomic E-state index is 0.216. The largest absolute Gasteiger partial charge is 0.417 e. The Hall–Kier alpha value is -1.46. The molecule has 0 fully saturated rings. The molecule has 0 saturated heterocycles. The zero-order valence-corrected chi connectivity index (χ0v) is 22.7. The third kappa shape index (κ3) is 10.1. The van der Waals surface area contributed by atoms with Crippen LogP contribution < -0.4 is 22.9 Å². The Balaban J connectivity index is 0.000000249. The number of hydrogen-bond acceptors (Lipinski definition) is 5. The van der Waals surface area contributed by atoms with Crippen molar-refractivity contribution in [1.29, 1.82) is 0 Å². The molecule has 0 radical (unpaired) electrons. The van der Waals surface area contributed by atoms with Gasteiger partial charge in [0.15, 0.2) is 0 Å². The highest BCUT2D eigenvalue weighted by molar-refractivity contribution is 9.11. The first-order valence-corrected chi connectivity index (χ1v) is 12.4. The van der Waals surface area contributed by atoms with E-state index in [0.717, 1.165) is 48.5 Å². The van der Waals surface area contributed by atoms with Crippen LogP contribution in [0, 0.1) is 0 Å². The summed E-state index contributed by atoms with van der Waals surface area (Å²) in [6.07, 6.45) is -4.41. The van der Waals surface area contributed by atoms with E-state index in [1.165, 1.54) is 0 Å². The van der Waals surface area contributed by atoms with Gasteiger partial charge in [-0.15, -0.1) is 11.8 Å². The Bertz CT molecular complexity index is 1060. The zero-order chi connectivity index (χ0) is 25.3. The van der Waals surface area contributed by atoms with Crippen molar-refractivity contribution in [2.75, 3.05) is 28.7 Å². The Morgan fingerprint density at radius 1 is 0.788 bits per heavy atom. The summed E-state index contributed by atoms with van der Waals surface area (Å²) in [6.45, 7) is 2.09. The van der Waals surface area contributed by atoms with Gasteiger partial charge in [-0.2, -0.15) is 13.2 Å². The molecule has 0 saturated carbocycles. The molecule has 0 aliphatic rings. The second-order valence-corrected chi connectivity index (χ2v) is 10.1. The number of alkyl halides is 3. The normalized spacial score (nSPS) is 10.5. The average molecular weight is 649 g/mol. The van der Waals surface area contributed by atoms with Gasteiger partial charge in [0.2, 0.25) is 0 Å². The molecule has 3 aromatic rings. The fourth-order valence-corrected chi connectivity index (χ4v) is 4.70. The molecule has 0 atom stereocenters. The van der Waals surface area contributed by atoms with Crippen molar-refractivity contribution in [3.63, 3.8) is 0 Å². The van der Waals surface area contributed by atoms with Gasteiger partial charge in [-0.05, 0) is 86.1 Å². The number of rotatable bonds is 2. The molecule has 0 amide bonds.